The maximum Gasteiger partial charge on any atom is 0.329 e. The Labute approximate surface area is 123 Å². The highest BCUT2D eigenvalue weighted by Gasteiger charge is 2.21. The maximum absolute atomic E-state index is 10.5. The molecule has 0 amide bonds. The third kappa shape index (κ3) is 6.61. The Hall–Kier alpha value is -1.57. The Balaban J connectivity index is 2.62. The minimum absolute atomic E-state index is 0.191. The molecule has 0 aliphatic carbocycles. The quantitative estimate of drug-likeness (QED) is 0.565. The van der Waals surface area contributed by atoms with E-state index in [0.29, 0.717) is 5.69 Å². The molecule has 118 valence electrons. The molecule has 0 aromatic carbocycles. The van der Waals surface area contributed by atoms with Crippen LogP contribution in [0.15, 0.2) is 12.4 Å². The number of aromatic nitrogens is 2. The van der Waals surface area contributed by atoms with Crippen molar-refractivity contribution < 1.29 is 24.9 Å². The van der Waals surface area contributed by atoms with Crippen LogP contribution in [0.25, 0.3) is 0 Å². The highest BCUT2D eigenvalue weighted by Crippen LogP contribution is 2.08. The molecule has 7 nitrogen and oxygen atoms in total. The van der Waals surface area contributed by atoms with Gasteiger partial charge in [0.25, 0.3) is 0 Å². The number of nitrogens with zero attached hydrogens (tertiary/aromatic N) is 2. The fourth-order valence-corrected chi connectivity index (χ4v) is 1.78. The van der Waals surface area contributed by atoms with Gasteiger partial charge >= 0.3 is 5.97 Å². The van der Waals surface area contributed by atoms with Crippen LogP contribution < -0.4 is 0 Å². The van der Waals surface area contributed by atoms with Crippen molar-refractivity contribution in [3.63, 3.8) is 0 Å². The minimum Gasteiger partial charge on any atom is -0.480 e. The third-order valence-corrected chi connectivity index (χ3v) is 2.99. The van der Waals surface area contributed by atoms with Crippen molar-refractivity contribution in [2.24, 2.45) is 0 Å². The number of rotatable bonds is 10. The van der Waals surface area contributed by atoms with E-state index >= 15 is 0 Å². The van der Waals surface area contributed by atoms with Gasteiger partial charge in [0.15, 0.2) is 0 Å². The normalized spacial score (nSPS) is 13.9. The lowest BCUT2D eigenvalue weighted by Crippen LogP contribution is -2.35. The van der Waals surface area contributed by atoms with Gasteiger partial charge in [0.1, 0.15) is 12.7 Å². The summed E-state index contributed by atoms with van der Waals surface area (Å²) < 4.78 is 5.08. The van der Waals surface area contributed by atoms with Gasteiger partial charge in [-0.2, -0.15) is 0 Å². The van der Waals surface area contributed by atoms with E-state index < -0.39 is 31.4 Å². The van der Waals surface area contributed by atoms with E-state index in [4.69, 9.17) is 14.9 Å². The lowest BCUT2D eigenvalue weighted by atomic mass is 10.1. The third-order valence-electron chi connectivity index (χ3n) is 2.99. The van der Waals surface area contributed by atoms with Gasteiger partial charge < -0.3 is 20.1 Å². The summed E-state index contributed by atoms with van der Waals surface area (Å²) in [6, 6.07) is 0. The minimum atomic E-state index is -1.16. The van der Waals surface area contributed by atoms with Crippen molar-refractivity contribution in [1.29, 1.82) is 0 Å². The molecule has 2 atom stereocenters. The van der Waals surface area contributed by atoms with Crippen LogP contribution in [-0.4, -0.2) is 56.7 Å². The number of ether oxygens (including phenoxy) is 1. The van der Waals surface area contributed by atoms with Crippen molar-refractivity contribution >= 4 is 5.97 Å². The Morgan fingerprint density at radius 2 is 2.00 bits per heavy atom. The number of aliphatic hydroxyl groups excluding tert-OH is 2. The molecule has 7 heteroatoms. The highest BCUT2D eigenvalue weighted by atomic mass is 16.5. The number of aliphatic hydroxyl groups is 2. The zero-order valence-corrected chi connectivity index (χ0v) is 12.1. The second kappa shape index (κ2) is 9.38. The molecule has 21 heavy (non-hydrogen) atoms. The smallest absolute Gasteiger partial charge is 0.329 e. The average Bonchev–Trinajstić information content (AvgIpc) is 2.49. The SMILES string of the molecule is CCCCc1cnc(C[C@H](OCC(=O)O)[C@H](O)CO)cn1. The first-order chi connectivity index (χ1) is 10.1. The molecular weight excluding hydrogens is 276 g/mol. The molecule has 0 saturated heterocycles. The van der Waals surface area contributed by atoms with Crippen LogP contribution in [-0.2, 0) is 22.4 Å². The first kappa shape index (κ1) is 17.5. The van der Waals surface area contributed by atoms with Crippen LogP contribution in [0.1, 0.15) is 31.2 Å². The van der Waals surface area contributed by atoms with Crippen LogP contribution in [0.2, 0.25) is 0 Å². The topological polar surface area (TPSA) is 113 Å². The van der Waals surface area contributed by atoms with Crippen molar-refractivity contribution in [3.8, 4) is 0 Å². The van der Waals surface area contributed by atoms with E-state index in [1.165, 1.54) is 0 Å². The van der Waals surface area contributed by atoms with E-state index in [-0.39, 0.29) is 6.42 Å². The molecule has 1 aromatic rings. The van der Waals surface area contributed by atoms with E-state index in [9.17, 15) is 9.90 Å². The summed E-state index contributed by atoms with van der Waals surface area (Å²) in [6.07, 6.45) is 4.45. The Morgan fingerprint density at radius 1 is 1.33 bits per heavy atom. The molecule has 0 aliphatic heterocycles. The van der Waals surface area contributed by atoms with Crippen LogP contribution in [0.3, 0.4) is 0 Å². The summed E-state index contributed by atoms with van der Waals surface area (Å²) in [4.78, 5) is 19.0. The van der Waals surface area contributed by atoms with Gasteiger partial charge in [-0.1, -0.05) is 13.3 Å². The predicted octanol–water partition coefficient (Wildman–Crippen LogP) is 0.185. The molecule has 1 heterocycles. The summed E-state index contributed by atoms with van der Waals surface area (Å²) in [5.41, 5.74) is 1.48. The first-order valence-electron chi connectivity index (χ1n) is 6.99. The largest absolute Gasteiger partial charge is 0.480 e. The summed E-state index contributed by atoms with van der Waals surface area (Å²) in [5, 5.41) is 27.2. The van der Waals surface area contributed by atoms with Crippen molar-refractivity contribution in [2.75, 3.05) is 13.2 Å². The molecule has 0 unspecified atom stereocenters. The molecule has 3 N–H and O–H groups in total. The standard InChI is InChI=1S/C14H22N2O5/c1-2-3-4-10-6-16-11(7-15-10)5-13(12(18)8-17)21-9-14(19)20/h6-7,12-13,17-18H,2-5,8-9H2,1H3,(H,19,20)/t12-,13+/m1/s1. The van der Waals surface area contributed by atoms with Gasteiger partial charge in [0.2, 0.25) is 0 Å². The molecule has 0 aliphatic rings. The fraction of sp³-hybridized carbons (Fsp3) is 0.643. The number of carboxylic acid groups (broad SMARTS) is 1. The monoisotopic (exact) mass is 298 g/mol. The number of aliphatic carboxylic acids is 1. The molecular formula is C14H22N2O5. The number of carbonyl (C=O) groups is 1. The number of carboxylic acids is 1. The highest BCUT2D eigenvalue weighted by molar-refractivity contribution is 5.68. The summed E-state index contributed by atoms with van der Waals surface area (Å²) >= 11 is 0. The second-order valence-electron chi connectivity index (χ2n) is 4.80. The van der Waals surface area contributed by atoms with E-state index in [2.05, 4.69) is 16.9 Å². The number of hydrogen-bond acceptors (Lipinski definition) is 6. The summed E-state index contributed by atoms with van der Waals surface area (Å²) in [7, 11) is 0. The molecule has 0 spiro atoms. The Kier molecular flexibility index (Phi) is 7.81. The van der Waals surface area contributed by atoms with E-state index in [1.807, 2.05) is 0 Å². The van der Waals surface area contributed by atoms with Crippen LogP contribution in [0, 0.1) is 0 Å². The fourth-order valence-electron chi connectivity index (χ4n) is 1.78. The zero-order valence-electron chi connectivity index (χ0n) is 12.1. The molecule has 0 fully saturated rings. The number of unbranched alkanes of at least 4 members (excludes halogenated alkanes) is 1. The van der Waals surface area contributed by atoms with Gasteiger partial charge in [-0.3, -0.25) is 9.97 Å². The van der Waals surface area contributed by atoms with Crippen LogP contribution >= 0.6 is 0 Å². The predicted molar refractivity (Wildman–Crippen MR) is 74.8 cm³/mol. The Bertz CT molecular complexity index is 424. The van der Waals surface area contributed by atoms with Gasteiger partial charge in [-0.15, -0.1) is 0 Å². The summed E-state index contributed by atoms with van der Waals surface area (Å²) in [6.45, 7) is 1.05. The van der Waals surface area contributed by atoms with Gasteiger partial charge in [0, 0.05) is 18.8 Å². The molecule has 1 rings (SSSR count). The number of hydrogen-bond donors (Lipinski definition) is 3. The summed E-state index contributed by atoms with van der Waals surface area (Å²) in [5.74, 6) is -1.13. The Morgan fingerprint density at radius 3 is 2.52 bits per heavy atom. The molecule has 0 bridgehead atoms. The molecule has 1 aromatic heterocycles. The van der Waals surface area contributed by atoms with Gasteiger partial charge in [-0.25, -0.2) is 4.79 Å². The van der Waals surface area contributed by atoms with Crippen LogP contribution in [0.4, 0.5) is 0 Å². The van der Waals surface area contributed by atoms with Gasteiger partial charge in [-0.05, 0) is 12.8 Å². The lowest BCUT2D eigenvalue weighted by molar-refractivity contribution is -0.147. The zero-order chi connectivity index (χ0) is 15.7. The lowest BCUT2D eigenvalue weighted by Gasteiger charge is -2.20. The molecule has 0 radical (unpaired) electrons. The van der Waals surface area contributed by atoms with Crippen molar-refractivity contribution in [1.82, 2.24) is 9.97 Å². The van der Waals surface area contributed by atoms with E-state index in [0.717, 1.165) is 25.0 Å². The van der Waals surface area contributed by atoms with Gasteiger partial charge in [0.05, 0.1) is 24.1 Å². The average molecular weight is 298 g/mol. The first-order valence-corrected chi connectivity index (χ1v) is 6.99. The van der Waals surface area contributed by atoms with Crippen molar-refractivity contribution in [2.45, 2.75) is 44.8 Å². The van der Waals surface area contributed by atoms with E-state index in [1.54, 1.807) is 12.4 Å². The maximum atomic E-state index is 10.5. The van der Waals surface area contributed by atoms with Crippen LogP contribution in [0.5, 0.6) is 0 Å². The molecule has 0 saturated carbocycles. The van der Waals surface area contributed by atoms with Crippen molar-refractivity contribution in [3.05, 3.63) is 23.8 Å². The second-order valence-corrected chi connectivity index (χ2v) is 4.80. The number of aryl methyl sites for hydroxylation is 1.